The standard InChI is InChI=1S/C16H13FNO4P/c1-2-22-23(21,12-9-7-11(17)8-10-12)18-15(19)13-5-3-4-6-14(13)16(18)20/h3-10H,2H2,1H3. The van der Waals surface area contributed by atoms with Crippen LogP contribution >= 0.6 is 7.52 Å². The van der Waals surface area contributed by atoms with Gasteiger partial charge in [-0.15, -0.1) is 0 Å². The predicted octanol–water partition coefficient (Wildman–Crippen LogP) is 2.98. The Morgan fingerprint density at radius 1 is 1.00 bits per heavy atom. The second-order valence-corrected chi connectivity index (χ2v) is 7.10. The van der Waals surface area contributed by atoms with Crippen molar-refractivity contribution in [2.75, 3.05) is 6.61 Å². The molecule has 0 saturated heterocycles. The molecule has 1 aliphatic heterocycles. The molecule has 2 amide bonds. The van der Waals surface area contributed by atoms with Gasteiger partial charge in [0.25, 0.3) is 11.8 Å². The predicted molar refractivity (Wildman–Crippen MR) is 82.2 cm³/mol. The lowest BCUT2D eigenvalue weighted by Gasteiger charge is -2.25. The molecule has 1 heterocycles. The number of imide groups is 1. The van der Waals surface area contributed by atoms with Crippen molar-refractivity contribution in [3.8, 4) is 0 Å². The van der Waals surface area contributed by atoms with E-state index < -0.39 is 25.2 Å². The summed E-state index contributed by atoms with van der Waals surface area (Å²) in [6.45, 7) is 1.64. The molecule has 0 radical (unpaired) electrons. The Morgan fingerprint density at radius 3 is 2.00 bits per heavy atom. The fourth-order valence-electron chi connectivity index (χ4n) is 2.47. The largest absolute Gasteiger partial charge is 0.335 e. The van der Waals surface area contributed by atoms with Crippen molar-refractivity contribution in [3.05, 3.63) is 65.5 Å². The minimum Gasteiger partial charge on any atom is -0.310 e. The highest BCUT2D eigenvalue weighted by atomic mass is 31.2. The summed E-state index contributed by atoms with van der Waals surface area (Å²) >= 11 is 0. The van der Waals surface area contributed by atoms with Gasteiger partial charge in [-0.1, -0.05) is 12.1 Å². The van der Waals surface area contributed by atoms with Crippen LogP contribution in [0.15, 0.2) is 48.5 Å². The van der Waals surface area contributed by atoms with Crippen molar-refractivity contribution in [2.24, 2.45) is 0 Å². The Balaban J connectivity index is 2.13. The number of amides is 2. The summed E-state index contributed by atoms with van der Waals surface area (Å²) in [5.74, 6) is -1.86. The molecule has 1 unspecified atom stereocenters. The zero-order valence-electron chi connectivity index (χ0n) is 12.2. The Morgan fingerprint density at radius 2 is 1.52 bits per heavy atom. The van der Waals surface area contributed by atoms with Crippen molar-refractivity contribution >= 4 is 24.6 Å². The molecule has 0 N–H and O–H groups in total. The summed E-state index contributed by atoms with van der Waals surface area (Å²) < 4.78 is 32.5. The third-order valence-corrected chi connectivity index (χ3v) is 5.94. The minimum absolute atomic E-state index is 0.0298. The van der Waals surface area contributed by atoms with E-state index in [0.29, 0.717) is 4.67 Å². The van der Waals surface area contributed by atoms with Crippen LogP contribution < -0.4 is 5.30 Å². The number of rotatable bonds is 4. The Hall–Kier alpha value is -2.30. The first-order chi connectivity index (χ1) is 11.0. The van der Waals surface area contributed by atoms with Gasteiger partial charge in [-0.2, -0.15) is 4.67 Å². The van der Waals surface area contributed by atoms with Crippen LogP contribution in [-0.2, 0) is 9.09 Å². The van der Waals surface area contributed by atoms with Crippen LogP contribution in [0.4, 0.5) is 4.39 Å². The third-order valence-electron chi connectivity index (χ3n) is 3.49. The van der Waals surface area contributed by atoms with Gasteiger partial charge in [-0.25, -0.2) is 4.39 Å². The van der Waals surface area contributed by atoms with Crippen LogP contribution in [0, 0.1) is 5.82 Å². The molecule has 2 aromatic rings. The summed E-state index contributed by atoms with van der Waals surface area (Å²) in [5, 5.41) is 0.0928. The molecule has 3 rings (SSSR count). The highest BCUT2D eigenvalue weighted by Gasteiger charge is 2.48. The average Bonchev–Trinajstić information content (AvgIpc) is 2.80. The molecule has 0 spiro atoms. The smallest absolute Gasteiger partial charge is 0.310 e. The van der Waals surface area contributed by atoms with Crippen LogP contribution in [0.5, 0.6) is 0 Å². The second kappa shape index (κ2) is 5.72. The topological polar surface area (TPSA) is 63.7 Å². The molecular weight excluding hydrogens is 320 g/mol. The maximum absolute atomic E-state index is 13.4. The number of carbonyl (C=O) groups is 2. The van der Waals surface area contributed by atoms with E-state index in [2.05, 4.69) is 0 Å². The second-order valence-electron chi connectivity index (χ2n) is 4.88. The monoisotopic (exact) mass is 333 g/mol. The molecule has 0 bridgehead atoms. The van der Waals surface area contributed by atoms with E-state index in [1.165, 1.54) is 24.3 Å². The quantitative estimate of drug-likeness (QED) is 0.637. The molecule has 0 fully saturated rings. The summed E-state index contributed by atoms with van der Waals surface area (Å²) in [5.41, 5.74) is 0.360. The molecule has 5 nitrogen and oxygen atoms in total. The molecule has 0 saturated carbocycles. The van der Waals surface area contributed by atoms with Gasteiger partial charge in [-0.05, 0) is 43.3 Å². The molecule has 118 valence electrons. The van der Waals surface area contributed by atoms with Crippen molar-refractivity contribution in [1.82, 2.24) is 4.67 Å². The summed E-state index contributed by atoms with van der Waals surface area (Å²) in [6.07, 6.45) is 0. The maximum Gasteiger partial charge on any atom is 0.335 e. The molecule has 1 atom stereocenters. The van der Waals surface area contributed by atoms with Gasteiger partial charge in [-0.3, -0.25) is 14.2 Å². The van der Waals surface area contributed by atoms with Gasteiger partial charge in [0.05, 0.1) is 23.0 Å². The number of benzene rings is 2. The number of carbonyl (C=O) groups excluding carboxylic acids is 2. The summed E-state index contributed by atoms with van der Waals surface area (Å²) in [7, 11) is -3.97. The molecule has 0 aliphatic carbocycles. The van der Waals surface area contributed by atoms with Crippen LogP contribution in [0.2, 0.25) is 0 Å². The minimum atomic E-state index is -3.97. The summed E-state index contributed by atoms with van der Waals surface area (Å²) in [4.78, 5) is 25.1. The van der Waals surface area contributed by atoms with E-state index in [9.17, 15) is 18.5 Å². The van der Waals surface area contributed by atoms with Crippen LogP contribution in [0.1, 0.15) is 27.6 Å². The van der Waals surface area contributed by atoms with Gasteiger partial charge in [0, 0.05) is 0 Å². The number of nitrogens with zero attached hydrogens (tertiary/aromatic N) is 1. The lowest BCUT2D eigenvalue weighted by atomic mass is 10.1. The van der Waals surface area contributed by atoms with Crippen molar-refractivity contribution in [3.63, 3.8) is 0 Å². The van der Waals surface area contributed by atoms with E-state index in [-0.39, 0.29) is 23.0 Å². The highest BCUT2D eigenvalue weighted by Crippen LogP contribution is 2.53. The van der Waals surface area contributed by atoms with E-state index in [4.69, 9.17) is 4.52 Å². The SMILES string of the molecule is CCOP(=O)(c1ccc(F)cc1)N1C(=O)c2ccccc2C1=O. The Bertz CT molecular complexity index is 799. The summed E-state index contributed by atoms with van der Waals surface area (Å²) in [6, 6.07) is 11.0. The first kappa shape index (κ1) is 15.6. The molecule has 0 aromatic heterocycles. The number of hydrogen-bond donors (Lipinski definition) is 0. The van der Waals surface area contributed by atoms with Crippen LogP contribution in [0.3, 0.4) is 0 Å². The zero-order valence-corrected chi connectivity index (χ0v) is 13.1. The van der Waals surface area contributed by atoms with E-state index >= 15 is 0 Å². The van der Waals surface area contributed by atoms with Crippen molar-refractivity contribution < 1.29 is 23.1 Å². The highest BCUT2D eigenvalue weighted by molar-refractivity contribution is 7.66. The molecule has 2 aromatic carbocycles. The number of fused-ring (bicyclic) bond motifs is 1. The molecule has 23 heavy (non-hydrogen) atoms. The van der Waals surface area contributed by atoms with Crippen LogP contribution in [-0.4, -0.2) is 23.1 Å². The van der Waals surface area contributed by atoms with Gasteiger partial charge in [0.1, 0.15) is 5.82 Å². The Kier molecular flexibility index (Phi) is 3.88. The van der Waals surface area contributed by atoms with Crippen molar-refractivity contribution in [2.45, 2.75) is 6.92 Å². The fraction of sp³-hybridized carbons (Fsp3) is 0.125. The van der Waals surface area contributed by atoms with Crippen LogP contribution in [0.25, 0.3) is 0 Å². The fourth-order valence-corrected chi connectivity index (χ4v) is 4.53. The lowest BCUT2D eigenvalue weighted by Crippen LogP contribution is -2.32. The Labute approximate surface area is 132 Å². The van der Waals surface area contributed by atoms with E-state index in [1.807, 2.05) is 0 Å². The first-order valence-electron chi connectivity index (χ1n) is 6.98. The zero-order chi connectivity index (χ0) is 16.6. The molecule has 7 heteroatoms. The molecule has 1 aliphatic rings. The van der Waals surface area contributed by atoms with E-state index in [0.717, 1.165) is 12.1 Å². The average molecular weight is 333 g/mol. The van der Waals surface area contributed by atoms with Crippen molar-refractivity contribution in [1.29, 1.82) is 0 Å². The number of hydrogen-bond acceptors (Lipinski definition) is 4. The maximum atomic E-state index is 13.4. The van der Waals surface area contributed by atoms with Gasteiger partial charge in [0.2, 0.25) is 0 Å². The van der Waals surface area contributed by atoms with E-state index in [1.54, 1.807) is 19.1 Å². The van der Waals surface area contributed by atoms with Gasteiger partial charge in [0.15, 0.2) is 0 Å². The van der Waals surface area contributed by atoms with Gasteiger partial charge < -0.3 is 4.52 Å². The first-order valence-corrected chi connectivity index (χ1v) is 8.56. The lowest BCUT2D eigenvalue weighted by molar-refractivity contribution is 0.0744. The normalized spacial score (nSPS) is 16.3. The van der Waals surface area contributed by atoms with Gasteiger partial charge >= 0.3 is 7.52 Å². The third kappa shape index (κ3) is 2.40. The number of halogens is 1. The molecular formula is C16H13FNO4P.